The van der Waals surface area contributed by atoms with Crippen molar-refractivity contribution < 1.29 is 9.59 Å². The molecular formula is C12H18N4O2. The first-order valence-electron chi connectivity index (χ1n) is 5.98. The molecule has 0 aromatic carbocycles. The Kier molecular flexibility index (Phi) is 3.36. The van der Waals surface area contributed by atoms with E-state index in [-0.39, 0.29) is 17.7 Å². The van der Waals surface area contributed by atoms with Gasteiger partial charge in [-0.1, -0.05) is 0 Å². The van der Waals surface area contributed by atoms with Gasteiger partial charge in [-0.2, -0.15) is 5.10 Å². The number of nitrogens with one attached hydrogen (secondary N) is 1. The van der Waals surface area contributed by atoms with Crippen molar-refractivity contribution in [1.29, 1.82) is 0 Å². The van der Waals surface area contributed by atoms with Gasteiger partial charge in [-0.3, -0.25) is 14.7 Å². The Labute approximate surface area is 106 Å². The fraction of sp³-hybridized carbons (Fsp3) is 0.583. The van der Waals surface area contributed by atoms with Crippen molar-refractivity contribution >= 4 is 11.8 Å². The number of H-pyrrole nitrogens is 1. The molecule has 2 heterocycles. The van der Waals surface area contributed by atoms with Crippen LogP contribution >= 0.6 is 0 Å². The molecule has 1 aliphatic rings. The van der Waals surface area contributed by atoms with Crippen LogP contribution in [0, 0.1) is 12.8 Å². The van der Waals surface area contributed by atoms with Gasteiger partial charge < -0.3 is 9.80 Å². The van der Waals surface area contributed by atoms with E-state index in [9.17, 15) is 9.59 Å². The van der Waals surface area contributed by atoms with Crippen LogP contribution in [0.5, 0.6) is 0 Å². The lowest BCUT2D eigenvalue weighted by molar-refractivity contribution is -0.146. The van der Waals surface area contributed by atoms with Crippen molar-refractivity contribution in [3.05, 3.63) is 17.5 Å². The summed E-state index contributed by atoms with van der Waals surface area (Å²) in [7, 11) is 1.77. The summed E-state index contributed by atoms with van der Waals surface area (Å²) in [5, 5.41) is 6.95. The molecule has 0 spiro atoms. The predicted molar refractivity (Wildman–Crippen MR) is 65.5 cm³/mol. The number of nitrogens with zero attached hydrogens (tertiary/aromatic N) is 3. The van der Waals surface area contributed by atoms with Crippen LogP contribution in [0.3, 0.4) is 0 Å². The first kappa shape index (κ1) is 12.6. The van der Waals surface area contributed by atoms with E-state index < -0.39 is 0 Å². The minimum absolute atomic E-state index is 0.0321. The van der Waals surface area contributed by atoms with Crippen LogP contribution < -0.4 is 0 Å². The van der Waals surface area contributed by atoms with Crippen molar-refractivity contribution in [2.45, 2.75) is 20.4 Å². The van der Waals surface area contributed by atoms with Crippen LogP contribution in [0.1, 0.15) is 18.3 Å². The zero-order valence-corrected chi connectivity index (χ0v) is 10.9. The predicted octanol–water partition coefficient (Wildman–Crippen LogP) is 0.155. The molecule has 0 unspecified atom stereocenters. The third-order valence-electron chi connectivity index (χ3n) is 3.21. The smallest absolute Gasteiger partial charge is 0.229 e. The Hall–Kier alpha value is -1.85. The summed E-state index contributed by atoms with van der Waals surface area (Å²) in [6, 6.07) is 1.92. The topological polar surface area (TPSA) is 69.3 Å². The lowest BCUT2D eigenvalue weighted by atomic mass is 9.98. The van der Waals surface area contributed by atoms with E-state index in [1.54, 1.807) is 16.8 Å². The van der Waals surface area contributed by atoms with E-state index >= 15 is 0 Å². The largest absolute Gasteiger partial charge is 0.341 e. The van der Waals surface area contributed by atoms with Crippen molar-refractivity contribution in [3.63, 3.8) is 0 Å². The highest BCUT2D eigenvalue weighted by Crippen LogP contribution is 2.18. The highest BCUT2D eigenvalue weighted by Gasteiger charge is 2.35. The molecule has 1 N–H and O–H groups in total. The SMILES string of the molecule is CC(=O)N1CC(C(=O)N(C)Cc2cc(C)[nH]n2)C1. The standard InChI is InChI=1S/C12H18N4O2/c1-8-4-11(14-13-8)7-15(3)12(18)10-5-16(6-10)9(2)17/h4,10H,5-7H2,1-3H3,(H,13,14). The molecule has 0 radical (unpaired) electrons. The second kappa shape index (κ2) is 4.80. The maximum absolute atomic E-state index is 12.1. The number of rotatable bonds is 3. The van der Waals surface area contributed by atoms with Gasteiger partial charge in [-0.15, -0.1) is 0 Å². The highest BCUT2D eigenvalue weighted by molar-refractivity contribution is 5.83. The molecule has 1 aromatic heterocycles. The second-order valence-electron chi connectivity index (χ2n) is 4.86. The molecule has 1 fully saturated rings. The van der Waals surface area contributed by atoms with Crippen LogP contribution in [0.25, 0.3) is 0 Å². The van der Waals surface area contributed by atoms with Gasteiger partial charge in [0.2, 0.25) is 11.8 Å². The first-order valence-corrected chi connectivity index (χ1v) is 5.98. The minimum atomic E-state index is -0.0565. The van der Waals surface area contributed by atoms with Gasteiger partial charge in [0.1, 0.15) is 0 Å². The average molecular weight is 250 g/mol. The summed E-state index contributed by atoms with van der Waals surface area (Å²) in [4.78, 5) is 26.4. The summed E-state index contributed by atoms with van der Waals surface area (Å²) in [6.07, 6.45) is 0. The third-order valence-corrected chi connectivity index (χ3v) is 3.21. The molecule has 2 amide bonds. The van der Waals surface area contributed by atoms with E-state index in [1.807, 2.05) is 13.0 Å². The maximum atomic E-state index is 12.1. The molecule has 1 saturated heterocycles. The van der Waals surface area contributed by atoms with Gasteiger partial charge in [0.25, 0.3) is 0 Å². The number of likely N-dealkylation sites (tertiary alicyclic amines) is 1. The third kappa shape index (κ3) is 2.52. The van der Waals surface area contributed by atoms with Crippen molar-refractivity contribution in [3.8, 4) is 0 Å². The van der Waals surface area contributed by atoms with E-state index in [4.69, 9.17) is 0 Å². The number of amides is 2. The van der Waals surface area contributed by atoms with E-state index in [0.717, 1.165) is 11.4 Å². The normalized spacial score (nSPS) is 15.4. The fourth-order valence-electron chi connectivity index (χ4n) is 2.08. The lowest BCUT2D eigenvalue weighted by Crippen LogP contribution is -2.55. The van der Waals surface area contributed by atoms with Gasteiger partial charge in [0.05, 0.1) is 18.2 Å². The van der Waals surface area contributed by atoms with Crippen LogP contribution in [0.4, 0.5) is 0 Å². The average Bonchev–Trinajstić information content (AvgIpc) is 2.60. The Bertz CT molecular complexity index is 462. The van der Waals surface area contributed by atoms with Gasteiger partial charge in [0.15, 0.2) is 0 Å². The summed E-state index contributed by atoms with van der Waals surface area (Å²) in [5.41, 5.74) is 1.84. The highest BCUT2D eigenvalue weighted by atomic mass is 16.2. The van der Waals surface area contributed by atoms with Crippen molar-refractivity contribution in [2.24, 2.45) is 5.92 Å². The molecule has 0 aliphatic carbocycles. The van der Waals surface area contributed by atoms with E-state index in [1.165, 1.54) is 6.92 Å². The number of hydrogen-bond donors (Lipinski definition) is 1. The summed E-state index contributed by atoms with van der Waals surface area (Å²) >= 11 is 0. The van der Waals surface area contributed by atoms with Gasteiger partial charge >= 0.3 is 0 Å². The molecule has 0 atom stereocenters. The molecule has 0 bridgehead atoms. The Morgan fingerprint density at radius 3 is 2.72 bits per heavy atom. The molecule has 1 aliphatic heterocycles. The number of aromatic nitrogens is 2. The van der Waals surface area contributed by atoms with E-state index in [0.29, 0.717) is 19.6 Å². The lowest BCUT2D eigenvalue weighted by Gasteiger charge is -2.39. The minimum Gasteiger partial charge on any atom is -0.341 e. The number of aromatic amines is 1. The Morgan fingerprint density at radius 2 is 2.22 bits per heavy atom. The number of aryl methyl sites for hydroxylation is 1. The van der Waals surface area contributed by atoms with E-state index in [2.05, 4.69) is 10.2 Å². The summed E-state index contributed by atoms with van der Waals surface area (Å²) < 4.78 is 0. The molecule has 2 rings (SSSR count). The summed E-state index contributed by atoms with van der Waals surface area (Å²) in [5.74, 6) is 0.0525. The van der Waals surface area contributed by atoms with Crippen LogP contribution in [-0.4, -0.2) is 51.9 Å². The molecule has 98 valence electrons. The number of carbonyl (C=O) groups is 2. The number of hydrogen-bond acceptors (Lipinski definition) is 3. The molecular weight excluding hydrogens is 232 g/mol. The second-order valence-corrected chi connectivity index (χ2v) is 4.86. The Balaban J connectivity index is 1.85. The molecule has 6 nitrogen and oxygen atoms in total. The molecule has 0 saturated carbocycles. The van der Waals surface area contributed by atoms with Gasteiger partial charge in [-0.25, -0.2) is 0 Å². The summed E-state index contributed by atoms with van der Waals surface area (Å²) in [6.45, 7) is 5.03. The molecule has 18 heavy (non-hydrogen) atoms. The van der Waals surface area contributed by atoms with Gasteiger partial charge in [-0.05, 0) is 13.0 Å². The zero-order chi connectivity index (χ0) is 13.3. The number of carbonyl (C=O) groups excluding carboxylic acids is 2. The maximum Gasteiger partial charge on any atom is 0.229 e. The van der Waals surface area contributed by atoms with Crippen LogP contribution in [0.15, 0.2) is 6.07 Å². The molecule has 6 heteroatoms. The zero-order valence-electron chi connectivity index (χ0n) is 10.9. The first-order chi connectivity index (χ1) is 8.47. The fourth-order valence-corrected chi connectivity index (χ4v) is 2.08. The monoisotopic (exact) mass is 250 g/mol. The van der Waals surface area contributed by atoms with Crippen molar-refractivity contribution in [1.82, 2.24) is 20.0 Å². The Morgan fingerprint density at radius 1 is 1.56 bits per heavy atom. The molecule has 1 aromatic rings. The van der Waals surface area contributed by atoms with Crippen LogP contribution in [0.2, 0.25) is 0 Å². The van der Waals surface area contributed by atoms with Crippen LogP contribution in [-0.2, 0) is 16.1 Å². The van der Waals surface area contributed by atoms with Gasteiger partial charge in [0, 0.05) is 32.8 Å². The quantitative estimate of drug-likeness (QED) is 0.830. The van der Waals surface area contributed by atoms with Crippen molar-refractivity contribution in [2.75, 3.05) is 20.1 Å².